The van der Waals surface area contributed by atoms with Crippen LogP contribution in [0.4, 0.5) is 13.2 Å². The Morgan fingerprint density at radius 2 is 1.62 bits per heavy atom. The SMILES string of the molecule is CCC[C@@H](NC(=O)[C@H]1CN(C(=O)[C@@H](NC(=O)[C@@H](NC(=O)c2cnccn2)C2CCCCC2)C(C)(C)C)C[C@@H]1c1cccc(C(F)(F)F)c1)C(=O)C(=O)NC1CC1. The summed E-state index contributed by atoms with van der Waals surface area (Å²) in [5.74, 6) is -6.28. The summed E-state index contributed by atoms with van der Waals surface area (Å²) in [5, 5.41) is 11.0. The summed E-state index contributed by atoms with van der Waals surface area (Å²) < 4.78 is 41.6. The molecule has 1 aliphatic heterocycles. The summed E-state index contributed by atoms with van der Waals surface area (Å²) in [4.78, 5) is 91.2. The predicted octanol–water partition coefficient (Wildman–Crippen LogP) is 4.08. The van der Waals surface area contributed by atoms with Gasteiger partial charge in [0.25, 0.3) is 11.8 Å². The Morgan fingerprint density at radius 3 is 2.23 bits per heavy atom. The maximum absolute atomic E-state index is 14.6. The van der Waals surface area contributed by atoms with Gasteiger partial charge in [-0.3, -0.25) is 33.8 Å². The Balaban J connectivity index is 1.41. The van der Waals surface area contributed by atoms with Crippen molar-refractivity contribution in [3.8, 4) is 0 Å². The van der Waals surface area contributed by atoms with E-state index < -0.39 is 82.4 Å². The predicted molar refractivity (Wildman–Crippen MR) is 199 cm³/mol. The van der Waals surface area contributed by atoms with E-state index >= 15 is 0 Å². The van der Waals surface area contributed by atoms with Crippen molar-refractivity contribution in [2.75, 3.05) is 13.1 Å². The van der Waals surface area contributed by atoms with Crippen LogP contribution in [0.25, 0.3) is 0 Å². The van der Waals surface area contributed by atoms with E-state index in [9.17, 15) is 41.9 Å². The van der Waals surface area contributed by atoms with Crippen LogP contribution in [0.3, 0.4) is 0 Å². The second-order valence-electron chi connectivity index (χ2n) is 16.3. The van der Waals surface area contributed by atoms with Crippen molar-refractivity contribution >= 4 is 35.3 Å². The van der Waals surface area contributed by atoms with Crippen molar-refractivity contribution in [2.24, 2.45) is 17.3 Å². The molecule has 304 valence electrons. The Morgan fingerprint density at radius 1 is 0.911 bits per heavy atom. The van der Waals surface area contributed by atoms with Crippen LogP contribution in [-0.2, 0) is 30.1 Å². The molecule has 2 saturated carbocycles. The summed E-state index contributed by atoms with van der Waals surface area (Å²) in [5.41, 5.74) is -1.62. The van der Waals surface area contributed by atoms with Crippen LogP contribution in [0.5, 0.6) is 0 Å². The summed E-state index contributed by atoms with van der Waals surface area (Å²) in [6, 6.07) is 1.14. The molecule has 16 heteroatoms. The highest BCUT2D eigenvalue weighted by molar-refractivity contribution is 6.38. The van der Waals surface area contributed by atoms with Crippen LogP contribution in [0.15, 0.2) is 42.9 Å². The van der Waals surface area contributed by atoms with Crippen molar-refractivity contribution in [2.45, 2.75) is 122 Å². The van der Waals surface area contributed by atoms with E-state index in [4.69, 9.17) is 0 Å². The lowest BCUT2D eigenvalue weighted by Gasteiger charge is -2.36. The number of benzene rings is 1. The fourth-order valence-electron chi connectivity index (χ4n) is 7.57. The molecule has 5 amide bonds. The van der Waals surface area contributed by atoms with Gasteiger partial charge in [-0.1, -0.05) is 71.6 Å². The molecule has 3 aliphatic rings. The molecule has 5 atom stereocenters. The lowest BCUT2D eigenvalue weighted by atomic mass is 9.82. The van der Waals surface area contributed by atoms with E-state index in [0.29, 0.717) is 19.3 Å². The number of nitrogens with zero attached hydrogens (tertiary/aromatic N) is 3. The average Bonchev–Trinajstić information content (AvgIpc) is 3.87. The van der Waals surface area contributed by atoms with Crippen LogP contribution in [-0.4, -0.2) is 87.4 Å². The van der Waals surface area contributed by atoms with Gasteiger partial charge in [-0.2, -0.15) is 13.2 Å². The van der Waals surface area contributed by atoms with Gasteiger partial charge in [-0.15, -0.1) is 0 Å². The quantitative estimate of drug-likeness (QED) is 0.207. The van der Waals surface area contributed by atoms with Gasteiger partial charge < -0.3 is 26.2 Å². The highest BCUT2D eigenvalue weighted by atomic mass is 19.4. The van der Waals surface area contributed by atoms with E-state index in [-0.39, 0.29) is 42.7 Å². The second-order valence-corrected chi connectivity index (χ2v) is 16.3. The number of aromatic nitrogens is 2. The van der Waals surface area contributed by atoms with Crippen molar-refractivity contribution in [1.29, 1.82) is 0 Å². The molecule has 4 N–H and O–H groups in total. The Bertz CT molecular complexity index is 1760. The van der Waals surface area contributed by atoms with E-state index in [2.05, 4.69) is 31.2 Å². The first kappa shape index (κ1) is 42.3. The highest BCUT2D eigenvalue weighted by Gasteiger charge is 2.47. The lowest BCUT2D eigenvalue weighted by molar-refractivity contribution is -0.141. The summed E-state index contributed by atoms with van der Waals surface area (Å²) in [7, 11) is 0. The summed E-state index contributed by atoms with van der Waals surface area (Å²) in [6.45, 7) is 6.65. The molecule has 2 heterocycles. The largest absolute Gasteiger partial charge is 0.416 e. The number of hydrogen-bond donors (Lipinski definition) is 4. The van der Waals surface area contributed by atoms with Gasteiger partial charge >= 0.3 is 6.18 Å². The smallest absolute Gasteiger partial charge is 0.347 e. The Kier molecular flexibility index (Phi) is 13.5. The standard InChI is InChI=1S/C40H52F3N7O6/c1-5-10-29(32(51)37(55)46-26-15-16-26)47-34(52)28-22-50(21-27(28)24-13-9-14-25(19-24)40(41,42)43)38(56)33(39(2,3)4)49-36(54)31(23-11-7-6-8-12-23)48-35(53)30-20-44-17-18-45-30/h9,13-14,17-20,23,26-29,31,33H,5-8,10-12,15-16,21-22H2,1-4H3,(H,46,55)(H,47,52)(H,48,53)(H,49,54)/t27-,28+,29-,31+,33-/m1/s1. The minimum absolute atomic E-state index is 0.0259. The van der Waals surface area contributed by atoms with E-state index in [1.54, 1.807) is 27.7 Å². The number of ketones is 1. The van der Waals surface area contributed by atoms with Gasteiger partial charge in [0.15, 0.2) is 0 Å². The van der Waals surface area contributed by atoms with Crippen LogP contribution in [0.2, 0.25) is 0 Å². The zero-order valence-electron chi connectivity index (χ0n) is 32.3. The maximum Gasteiger partial charge on any atom is 0.416 e. The summed E-state index contributed by atoms with van der Waals surface area (Å²) in [6.07, 6.45) is 5.58. The topological polar surface area (TPSA) is 180 Å². The first-order valence-electron chi connectivity index (χ1n) is 19.5. The van der Waals surface area contributed by atoms with Gasteiger partial charge in [0.2, 0.25) is 23.5 Å². The Labute approximate surface area is 324 Å². The molecule has 1 saturated heterocycles. The van der Waals surface area contributed by atoms with E-state index in [1.807, 2.05) is 0 Å². The van der Waals surface area contributed by atoms with Crippen molar-refractivity contribution in [1.82, 2.24) is 36.1 Å². The third kappa shape index (κ3) is 10.7. The van der Waals surface area contributed by atoms with Gasteiger partial charge in [0, 0.05) is 37.4 Å². The minimum Gasteiger partial charge on any atom is -0.347 e. The first-order valence-corrected chi connectivity index (χ1v) is 19.5. The molecule has 2 aromatic rings. The lowest BCUT2D eigenvalue weighted by Crippen LogP contribution is -2.60. The molecule has 13 nitrogen and oxygen atoms in total. The molecule has 1 aromatic heterocycles. The third-order valence-corrected chi connectivity index (χ3v) is 10.8. The molecule has 0 spiro atoms. The normalized spacial score (nSPS) is 20.7. The highest BCUT2D eigenvalue weighted by Crippen LogP contribution is 2.38. The molecule has 3 fully saturated rings. The van der Waals surface area contributed by atoms with Crippen LogP contribution >= 0.6 is 0 Å². The molecule has 0 bridgehead atoms. The molecule has 0 unspecified atom stereocenters. The number of rotatable bonds is 14. The van der Waals surface area contributed by atoms with Crippen LogP contribution < -0.4 is 21.3 Å². The number of carbonyl (C=O) groups is 6. The average molecular weight is 784 g/mol. The number of alkyl halides is 3. The number of halogens is 3. The van der Waals surface area contributed by atoms with Crippen molar-refractivity contribution in [3.05, 3.63) is 59.7 Å². The van der Waals surface area contributed by atoms with Crippen LogP contribution in [0.1, 0.15) is 113 Å². The summed E-state index contributed by atoms with van der Waals surface area (Å²) >= 11 is 0. The monoisotopic (exact) mass is 783 g/mol. The van der Waals surface area contributed by atoms with Gasteiger partial charge in [0.05, 0.1) is 23.7 Å². The number of Topliss-reactive ketones (excluding diaryl/α,β-unsaturated/α-hetero) is 1. The minimum atomic E-state index is -4.67. The third-order valence-electron chi connectivity index (χ3n) is 10.8. The second kappa shape index (κ2) is 17.9. The zero-order valence-corrected chi connectivity index (χ0v) is 32.3. The molecule has 5 rings (SSSR count). The first-order chi connectivity index (χ1) is 26.5. The molecular formula is C40H52F3N7O6. The van der Waals surface area contributed by atoms with Crippen LogP contribution in [0, 0.1) is 17.3 Å². The van der Waals surface area contributed by atoms with Crippen molar-refractivity contribution in [3.63, 3.8) is 0 Å². The van der Waals surface area contributed by atoms with Gasteiger partial charge in [0.1, 0.15) is 17.8 Å². The molecule has 2 aliphatic carbocycles. The number of amides is 5. The number of likely N-dealkylation sites (tertiary alicyclic amines) is 1. The van der Waals surface area contributed by atoms with E-state index in [0.717, 1.165) is 44.2 Å². The van der Waals surface area contributed by atoms with Gasteiger partial charge in [-0.25, -0.2) is 4.98 Å². The fraction of sp³-hybridized carbons (Fsp3) is 0.600. The molecule has 56 heavy (non-hydrogen) atoms. The van der Waals surface area contributed by atoms with E-state index in [1.165, 1.54) is 35.6 Å². The molecule has 1 aromatic carbocycles. The number of nitrogens with one attached hydrogen (secondary N) is 4. The van der Waals surface area contributed by atoms with Gasteiger partial charge in [-0.05, 0) is 55.1 Å². The Hall–Kier alpha value is -4.89. The number of hydrogen-bond acceptors (Lipinski definition) is 8. The van der Waals surface area contributed by atoms with Crippen molar-refractivity contribution < 1.29 is 41.9 Å². The zero-order chi connectivity index (χ0) is 40.8. The molecule has 0 radical (unpaired) electrons. The number of carbonyl (C=O) groups excluding carboxylic acids is 6. The maximum atomic E-state index is 14.6. The fourth-order valence-corrected chi connectivity index (χ4v) is 7.57. The molecular weight excluding hydrogens is 731 g/mol.